The van der Waals surface area contributed by atoms with E-state index in [0.717, 1.165) is 11.4 Å². The van der Waals surface area contributed by atoms with Gasteiger partial charge >= 0.3 is 7.12 Å². The van der Waals surface area contributed by atoms with Gasteiger partial charge in [0.05, 0.1) is 37.3 Å². The van der Waals surface area contributed by atoms with Gasteiger partial charge in [-0.05, 0) is 48.8 Å². The van der Waals surface area contributed by atoms with Crippen LogP contribution in [0.15, 0.2) is 51.4 Å². The summed E-state index contributed by atoms with van der Waals surface area (Å²) in [5, 5.41) is 23.5. The fourth-order valence-corrected chi connectivity index (χ4v) is 3.49. The number of aliphatic hydroxyl groups excluding tert-OH is 1. The lowest BCUT2D eigenvalue weighted by Gasteiger charge is -2.15. The summed E-state index contributed by atoms with van der Waals surface area (Å²) in [7, 11) is 1.60. The highest BCUT2D eigenvalue weighted by Gasteiger charge is 2.33. The number of aromatic nitrogens is 5. The maximum Gasteiger partial charge on any atom is 0.330 e. The number of ether oxygens (including phenoxy) is 2. The van der Waals surface area contributed by atoms with Crippen molar-refractivity contribution in [3.63, 3.8) is 0 Å². The zero-order chi connectivity index (χ0) is 25.4. The smallest absolute Gasteiger partial charge is 0.330 e. The van der Waals surface area contributed by atoms with Gasteiger partial charge in [-0.2, -0.15) is 0 Å². The first-order valence-corrected chi connectivity index (χ1v) is 10.3. The van der Waals surface area contributed by atoms with Crippen LogP contribution in [0.1, 0.15) is 30.8 Å². The number of aliphatic hydroxyl groups is 1. The van der Waals surface area contributed by atoms with Gasteiger partial charge in [-0.3, -0.25) is 14.3 Å². The molecule has 12 heteroatoms. The molecule has 12 nitrogen and oxygen atoms in total. The highest BCUT2D eigenvalue weighted by atomic mass is 16.5. The van der Waals surface area contributed by atoms with Crippen molar-refractivity contribution in [2.24, 2.45) is 11.1 Å². The van der Waals surface area contributed by atoms with Crippen LogP contribution in [0.25, 0.3) is 17.8 Å². The minimum atomic E-state index is -0.552. The molecule has 0 unspecified atom stereocenters. The molecule has 4 rings (SSSR count). The number of nitrogens with zero attached hydrogens (tertiary/aromatic N) is 5. The van der Waals surface area contributed by atoms with Crippen molar-refractivity contribution in [1.82, 2.24) is 24.5 Å². The third-order valence-corrected chi connectivity index (χ3v) is 5.31. The number of aromatic amines is 1. The second-order valence-electron chi connectivity index (χ2n) is 7.52. The molecule has 3 aromatic rings. The normalized spacial score (nSPS) is 19.9. The fraction of sp³-hybridized carbons (Fsp3) is 0.318. The van der Waals surface area contributed by atoms with Gasteiger partial charge in [0, 0.05) is 12.9 Å². The largest absolute Gasteiger partial charge is 0.497 e. The molecule has 180 valence electrons. The lowest BCUT2D eigenvalue weighted by Crippen LogP contribution is -2.33. The van der Waals surface area contributed by atoms with Crippen LogP contribution < -0.4 is 16.0 Å². The van der Waals surface area contributed by atoms with Crippen LogP contribution in [0, 0.1) is 5.92 Å². The summed E-state index contributed by atoms with van der Waals surface area (Å²) in [6.45, 7) is 4.65. The van der Waals surface area contributed by atoms with Gasteiger partial charge in [0.15, 0.2) is 0 Å². The highest BCUT2D eigenvalue weighted by molar-refractivity contribution is 5.66. The van der Waals surface area contributed by atoms with E-state index in [1.165, 1.54) is 10.8 Å². The van der Waals surface area contributed by atoms with Gasteiger partial charge in [-0.1, -0.05) is 12.1 Å². The summed E-state index contributed by atoms with van der Waals surface area (Å²) in [4.78, 5) is 26.8. The Morgan fingerprint density at radius 2 is 2.09 bits per heavy atom. The summed E-state index contributed by atoms with van der Waals surface area (Å²) >= 11 is 0. The van der Waals surface area contributed by atoms with Gasteiger partial charge in [0.2, 0.25) is 0 Å². The van der Waals surface area contributed by atoms with Crippen LogP contribution in [-0.2, 0) is 4.74 Å². The first-order chi connectivity index (χ1) is 16.9. The maximum atomic E-state index is 12.3. The molecule has 34 heavy (non-hydrogen) atoms. The van der Waals surface area contributed by atoms with Crippen molar-refractivity contribution >= 4 is 18.9 Å². The summed E-state index contributed by atoms with van der Waals surface area (Å²) in [6.07, 6.45) is 6.07. The van der Waals surface area contributed by atoms with Crippen LogP contribution in [0.5, 0.6) is 5.75 Å². The van der Waals surface area contributed by atoms with Crippen LogP contribution >= 0.6 is 0 Å². The lowest BCUT2D eigenvalue weighted by atomic mass is 10.0. The predicted octanol–water partition coefficient (Wildman–Crippen LogP) is 1.29. The predicted molar refractivity (Wildman–Crippen MR) is 124 cm³/mol. The van der Waals surface area contributed by atoms with E-state index in [2.05, 4.69) is 32.4 Å². The molecular weight excluding hydrogens is 444 g/mol. The van der Waals surface area contributed by atoms with Crippen molar-refractivity contribution in [3.8, 4) is 11.4 Å². The molecule has 0 bridgehead atoms. The third-order valence-electron chi connectivity index (χ3n) is 5.31. The molecule has 0 aliphatic carbocycles. The van der Waals surface area contributed by atoms with Crippen molar-refractivity contribution in [1.29, 1.82) is 0 Å². The van der Waals surface area contributed by atoms with Crippen molar-refractivity contribution in [3.05, 3.63) is 68.8 Å². The molecule has 0 saturated carbocycles. The quantitative estimate of drug-likeness (QED) is 0.264. The molecule has 2 aromatic heterocycles. The first kappa shape index (κ1) is 23.1. The number of hydrogen-bond acceptors (Lipinski definition) is 9. The SMILES string of the molecule is COc1ccc(-n2cc(/C=C/c3cn([C@H]4C[C@@H](C)[C@@H](CO)O4)c(=O)[nH]c3=O)nn2)cc1.[2H]ON=C. The second-order valence-corrected chi connectivity index (χ2v) is 7.52. The molecule has 1 aromatic carbocycles. The molecule has 3 heterocycles. The molecule has 3 atom stereocenters. The second kappa shape index (κ2) is 11.2. The number of hydrogen-bond donors (Lipinski definition) is 3. The molecule has 0 spiro atoms. The molecule has 3 N–H and O–H groups in total. The van der Waals surface area contributed by atoms with E-state index in [1.54, 1.807) is 30.1 Å². The highest BCUT2D eigenvalue weighted by Crippen LogP contribution is 2.31. The first-order valence-electron chi connectivity index (χ1n) is 10.8. The Hall–Kier alpha value is -4.03. The molecule has 1 saturated heterocycles. The number of nitrogens with one attached hydrogen (secondary N) is 1. The number of rotatable bonds is 7. The lowest BCUT2D eigenvalue weighted by molar-refractivity contribution is -0.0313. The maximum absolute atomic E-state index is 12.3. The average Bonchev–Trinajstić information content (AvgIpc) is 3.50. The minimum absolute atomic E-state index is 0.0980. The summed E-state index contributed by atoms with van der Waals surface area (Å²) < 4.78 is 19.6. The number of H-pyrrole nitrogens is 1. The van der Waals surface area contributed by atoms with Crippen molar-refractivity contribution in [2.45, 2.75) is 25.7 Å². The standard InChI is InChI=1S/C21H23N5O5.CH3NO/c1-13-9-19(31-18(13)12-27)25-10-14(20(28)22-21(25)29)3-4-15-11-26(24-23-15)16-5-7-17(30-2)8-6-16;1-2-3/h3-8,10-11,13,18-19,27H,9,12H2,1-2H3,(H,22,28,29);3H,1H2/b4-3+;/t13-,18-,19-;/m1./s1/i/hD. The molecular formula is C22H26N6O6. The number of oxime groups is 1. The van der Waals surface area contributed by atoms with E-state index in [4.69, 9.17) is 10.9 Å². The Bertz CT molecular complexity index is 1270. The van der Waals surface area contributed by atoms with E-state index < -0.39 is 17.5 Å². The Kier molecular flexibility index (Phi) is 7.63. The van der Waals surface area contributed by atoms with Crippen LogP contribution in [-0.4, -0.2) is 61.4 Å². The van der Waals surface area contributed by atoms with E-state index in [-0.39, 0.29) is 24.2 Å². The topological polar surface area (TPSA) is 157 Å². The van der Waals surface area contributed by atoms with E-state index in [9.17, 15) is 14.7 Å². The summed E-state index contributed by atoms with van der Waals surface area (Å²) in [6, 6.07) is 7.35. The van der Waals surface area contributed by atoms with E-state index in [1.807, 2.05) is 31.2 Å². The summed E-state index contributed by atoms with van der Waals surface area (Å²) in [5.74, 6) is 0.838. The Labute approximate surface area is 195 Å². The molecule has 1 fully saturated rings. The monoisotopic (exact) mass is 471 g/mol. The van der Waals surface area contributed by atoms with Gasteiger partial charge in [-0.15, -0.1) is 10.3 Å². The van der Waals surface area contributed by atoms with Crippen molar-refractivity contribution in [2.75, 3.05) is 13.7 Å². The third kappa shape index (κ3) is 5.66. The van der Waals surface area contributed by atoms with Gasteiger partial charge < -0.3 is 19.8 Å². The van der Waals surface area contributed by atoms with Crippen molar-refractivity contribution < 1.29 is 21.2 Å². The zero-order valence-electron chi connectivity index (χ0n) is 19.7. The number of benzene rings is 1. The van der Waals surface area contributed by atoms with E-state index >= 15 is 0 Å². The molecule has 0 radical (unpaired) electrons. The average molecular weight is 471 g/mol. The summed E-state index contributed by atoms with van der Waals surface area (Å²) in [5.41, 5.74) is 0.569. The van der Waals surface area contributed by atoms with Gasteiger partial charge in [0.1, 0.15) is 17.7 Å². The van der Waals surface area contributed by atoms with Crippen LogP contribution in [0.2, 0.25) is 1.43 Å². The fourth-order valence-electron chi connectivity index (χ4n) is 3.49. The van der Waals surface area contributed by atoms with E-state index in [0.29, 0.717) is 12.1 Å². The molecule has 1 aliphatic heterocycles. The molecule has 0 amide bonds. The molecule has 1 aliphatic rings. The zero-order valence-corrected chi connectivity index (χ0v) is 18.7. The van der Waals surface area contributed by atoms with Crippen LogP contribution in [0.4, 0.5) is 0 Å². The Morgan fingerprint density at radius 1 is 1.35 bits per heavy atom. The van der Waals surface area contributed by atoms with Gasteiger partial charge in [0.25, 0.3) is 5.56 Å². The Morgan fingerprint density at radius 3 is 2.71 bits per heavy atom. The van der Waals surface area contributed by atoms with Crippen LogP contribution in [0.3, 0.4) is 0 Å². The van der Waals surface area contributed by atoms with Gasteiger partial charge in [-0.25, -0.2) is 9.48 Å². The Balaban J connectivity index is 0.000000795. The minimum Gasteiger partial charge on any atom is -0.497 e. The number of methoxy groups -OCH3 is 1.